The number of allylic oxidation sites excluding steroid dienone is 3. The maximum absolute atomic E-state index is 11.6. The Morgan fingerprint density at radius 1 is 1.24 bits per heavy atom. The van der Waals surface area contributed by atoms with Gasteiger partial charge < -0.3 is 14.2 Å². The maximum Gasteiger partial charge on any atom is 0.330 e. The van der Waals surface area contributed by atoms with Crippen molar-refractivity contribution in [2.75, 3.05) is 21.3 Å². The number of esters is 1. The van der Waals surface area contributed by atoms with Crippen LogP contribution in [0.4, 0.5) is 0 Å². The summed E-state index contributed by atoms with van der Waals surface area (Å²) < 4.78 is 14.6. The molecule has 0 spiro atoms. The first-order chi connectivity index (χ1) is 8.07. The van der Waals surface area contributed by atoms with Gasteiger partial charge >= 0.3 is 5.97 Å². The van der Waals surface area contributed by atoms with Crippen LogP contribution in [0.25, 0.3) is 0 Å². The molecule has 0 fully saturated rings. The third-order valence-corrected chi connectivity index (χ3v) is 2.35. The number of carbonyl (C=O) groups is 2. The van der Waals surface area contributed by atoms with Gasteiger partial charge in [0.15, 0.2) is 0 Å². The van der Waals surface area contributed by atoms with Crippen LogP contribution in [0, 0.1) is 0 Å². The summed E-state index contributed by atoms with van der Waals surface area (Å²) in [5, 5.41) is 0. The van der Waals surface area contributed by atoms with E-state index in [-0.39, 0.29) is 5.78 Å². The molecule has 17 heavy (non-hydrogen) atoms. The van der Waals surface area contributed by atoms with Gasteiger partial charge in [-0.1, -0.05) is 6.08 Å². The lowest BCUT2D eigenvalue weighted by Crippen LogP contribution is -2.41. The van der Waals surface area contributed by atoms with Crippen LogP contribution < -0.4 is 0 Å². The first kappa shape index (κ1) is 13.3. The Kier molecular flexibility index (Phi) is 4.37. The minimum Gasteiger partial charge on any atom is -0.466 e. The lowest BCUT2D eigenvalue weighted by atomic mass is 10.00. The summed E-state index contributed by atoms with van der Waals surface area (Å²) in [4.78, 5) is 22.6. The van der Waals surface area contributed by atoms with Gasteiger partial charge in [0.05, 0.1) is 7.11 Å². The lowest BCUT2D eigenvalue weighted by molar-refractivity contribution is -0.181. The van der Waals surface area contributed by atoms with E-state index in [2.05, 4.69) is 4.74 Å². The van der Waals surface area contributed by atoms with E-state index < -0.39 is 11.8 Å². The van der Waals surface area contributed by atoms with Crippen molar-refractivity contribution < 1.29 is 23.8 Å². The highest BCUT2D eigenvalue weighted by Gasteiger charge is 2.36. The van der Waals surface area contributed by atoms with Crippen LogP contribution in [0.5, 0.6) is 0 Å². The SMILES string of the molecule is COC(=O)/C=C/C1=CC(OC)(OC)C(=O)C=C1. The van der Waals surface area contributed by atoms with Crippen LogP contribution >= 0.6 is 0 Å². The number of rotatable bonds is 4. The number of methoxy groups -OCH3 is 3. The van der Waals surface area contributed by atoms with Crippen LogP contribution in [0.2, 0.25) is 0 Å². The van der Waals surface area contributed by atoms with Crippen molar-refractivity contribution in [2.45, 2.75) is 5.79 Å². The minimum atomic E-state index is -1.41. The van der Waals surface area contributed by atoms with Gasteiger partial charge in [0.2, 0.25) is 5.78 Å². The Balaban J connectivity index is 2.95. The highest BCUT2D eigenvalue weighted by atomic mass is 16.7. The summed E-state index contributed by atoms with van der Waals surface area (Å²) in [6, 6.07) is 0. The van der Waals surface area contributed by atoms with Gasteiger partial charge in [-0.05, 0) is 23.8 Å². The molecule has 0 aliphatic heterocycles. The highest BCUT2D eigenvalue weighted by Crippen LogP contribution is 2.23. The monoisotopic (exact) mass is 238 g/mol. The fourth-order valence-corrected chi connectivity index (χ4v) is 1.37. The van der Waals surface area contributed by atoms with Crippen LogP contribution in [-0.2, 0) is 23.8 Å². The van der Waals surface area contributed by atoms with Crippen LogP contribution in [0.3, 0.4) is 0 Å². The smallest absolute Gasteiger partial charge is 0.330 e. The molecule has 0 radical (unpaired) electrons. The van der Waals surface area contributed by atoms with Crippen molar-refractivity contribution in [3.8, 4) is 0 Å². The van der Waals surface area contributed by atoms with E-state index in [0.29, 0.717) is 5.57 Å². The second-order valence-electron chi connectivity index (χ2n) is 3.27. The van der Waals surface area contributed by atoms with Gasteiger partial charge in [0.1, 0.15) is 0 Å². The predicted octanol–water partition coefficient (Wildman–Crippen LogP) is 0.770. The molecule has 0 N–H and O–H groups in total. The molecule has 0 unspecified atom stereocenters. The molecule has 1 aliphatic rings. The largest absolute Gasteiger partial charge is 0.466 e. The zero-order chi connectivity index (χ0) is 12.9. The number of hydrogen-bond acceptors (Lipinski definition) is 5. The first-order valence-corrected chi connectivity index (χ1v) is 4.89. The van der Waals surface area contributed by atoms with Crippen LogP contribution in [0.15, 0.2) is 36.0 Å². The van der Waals surface area contributed by atoms with E-state index in [0.717, 1.165) is 0 Å². The molecule has 0 atom stereocenters. The Labute approximate surface area is 99.3 Å². The zero-order valence-corrected chi connectivity index (χ0v) is 9.93. The van der Waals surface area contributed by atoms with Crippen molar-refractivity contribution in [1.82, 2.24) is 0 Å². The fraction of sp³-hybridized carbons (Fsp3) is 0.333. The molecule has 1 aliphatic carbocycles. The maximum atomic E-state index is 11.6. The number of carbonyl (C=O) groups excluding carboxylic acids is 2. The van der Waals surface area contributed by atoms with Gasteiger partial charge in [-0.25, -0.2) is 4.79 Å². The molecule has 0 saturated heterocycles. The van der Waals surface area contributed by atoms with Crippen molar-refractivity contribution in [2.24, 2.45) is 0 Å². The highest BCUT2D eigenvalue weighted by molar-refractivity contribution is 5.99. The standard InChI is InChI=1S/C12H14O5/c1-15-11(14)7-5-9-4-6-10(13)12(8-9,16-2)17-3/h4-8H,1-3H3/b7-5+. The first-order valence-electron chi connectivity index (χ1n) is 4.89. The quantitative estimate of drug-likeness (QED) is 0.411. The number of ketones is 1. The summed E-state index contributed by atoms with van der Waals surface area (Å²) in [5.74, 6) is -2.20. The topological polar surface area (TPSA) is 61.8 Å². The van der Waals surface area contributed by atoms with Gasteiger partial charge in [-0.15, -0.1) is 0 Å². The molecule has 5 heteroatoms. The van der Waals surface area contributed by atoms with Crippen molar-refractivity contribution in [3.05, 3.63) is 36.0 Å². The van der Waals surface area contributed by atoms with E-state index in [1.165, 1.54) is 45.6 Å². The summed E-state index contributed by atoms with van der Waals surface area (Å²) in [6.07, 6.45) is 7.17. The van der Waals surface area contributed by atoms with Gasteiger partial charge in [0, 0.05) is 20.3 Å². The van der Waals surface area contributed by atoms with E-state index in [9.17, 15) is 9.59 Å². The zero-order valence-electron chi connectivity index (χ0n) is 9.93. The number of hydrogen-bond donors (Lipinski definition) is 0. The van der Waals surface area contributed by atoms with E-state index >= 15 is 0 Å². The Morgan fingerprint density at radius 3 is 2.41 bits per heavy atom. The predicted molar refractivity (Wildman–Crippen MR) is 60.1 cm³/mol. The van der Waals surface area contributed by atoms with Crippen LogP contribution in [0.1, 0.15) is 0 Å². The molecule has 0 heterocycles. The number of ether oxygens (including phenoxy) is 3. The molecule has 92 valence electrons. The molecule has 1 rings (SSSR count). The Bertz CT molecular complexity index is 399. The average molecular weight is 238 g/mol. The third kappa shape index (κ3) is 2.89. The Morgan fingerprint density at radius 2 is 1.88 bits per heavy atom. The summed E-state index contributed by atoms with van der Waals surface area (Å²) >= 11 is 0. The lowest BCUT2D eigenvalue weighted by Gasteiger charge is -2.27. The van der Waals surface area contributed by atoms with E-state index in [1.807, 2.05) is 0 Å². The van der Waals surface area contributed by atoms with Gasteiger partial charge in [0.25, 0.3) is 5.79 Å². The van der Waals surface area contributed by atoms with Crippen LogP contribution in [-0.4, -0.2) is 38.9 Å². The normalized spacial score (nSPS) is 18.3. The molecular formula is C12H14O5. The summed E-state index contributed by atoms with van der Waals surface area (Å²) in [6.45, 7) is 0. The third-order valence-electron chi connectivity index (χ3n) is 2.35. The van der Waals surface area contributed by atoms with Gasteiger partial charge in [-0.2, -0.15) is 0 Å². The molecule has 0 amide bonds. The molecule has 0 aromatic rings. The Hall–Kier alpha value is -1.72. The molecule has 0 aromatic carbocycles. The van der Waals surface area contributed by atoms with Gasteiger partial charge in [-0.3, -0.25) is 4.79 Å². The molecule has 0 aromatic heterocycles. The summed E-state index contributed by atoms with van der Waals surface area (Å²) in [5.41, 5.74) is 0.624. The van der Waals surface area contributed by atoms with E-state index in [1.54, 1.807) is 6.08 Å². The fourth-order valence-electron chi connectivity index (χ4n) is 1.37. The van der Waals surface area contributed by atoms with E-state index in [4.69, 9.17) is 9.47 Å². The minimum absolute atomic E-state index is 0.308. The molecule has 0 saturated carbocycles. The molecule has 5 nitrogen and oxygen atoms in total. The second kappa shape index (κ2) is 5.56. The average Bonchev–Trinajstić information content (AvgIpc) is 2.37. The molecular weight excluding hydrogens is 224 g/mol. The molecule has 0 bridgehead atoms. The second-order valence-corrected chi connectivity index (χ2v) is 3.27. The summed E-state index contributed by atoms with van der Waals surface area (Å²) in [7, 11) is 4.04. The van der Waals surface area contributed by atoms with Crippen molar-refractivity contribution >= 4 is 11.8 Å². The van der Waals surface area contributed by atoms with Crippen molar-refractivity contribution in [3.63, 3.8) is 0 Å². The van der Waals surface area contributed by atoms with Crippen molar-refractivity contribution in [1.29, 1.82) is 0 Å².